The summed E-state index contributed by atoms with van der Waals surface area (Å²) in [7, 11) is 0. The Morgan fingerprint density at radius 3 is 2.78 bits per heavy atom. The molecule has 1 fully saturated rings. The van der Waals surface area contributed by atoms with Crippen LogP contribution in [0.4, 0.5) is 0 Å². The van der Waals surface area contributed by atoms with E-state index in [1.54, 1.807) is 0 Å². The summed E-state index contributed by atoms with van der Waals surface area (Å²) < 4.78 is 6.42. The molecule has 1 unspecified atom stereocenters. The second kappa shape index (κ2) is 6.14. The van der Waals surface area contributed by atoms with Crippen molar-refractivity contribution in [1.82, 2.24) is 9.97 Å². The summed E-state index contributed by atoms with van der Waals surface area (Å²) in [6.07, 6.45) is 4.13. The summed E-state index contributed by atoms with van der Waals surface area (Å²) in [5.41, 5.74) is 0.943. The fraction of sp³-hybridized carbons (Fsp3) is 0.692. The Labute approximate surface area is 121 Å². The lowest BCUT2D eigenvalue weighted by Crippen LogP contribution is -2.21. The van der Waals surface area contributed by atoms with Crippen LogP contribution in [0.5, 0.6) is 0 Å². The molecule has 0 saturated heterocycles. The predicted molar refractivity (Wildman–Crippen MR) is 78.8 cm³/mol. The van der Waals surface area contributed by atoms with E-state index in [9.17, 15) is 4.79 Å². The smallest absolute Gasteiger partial charge is 0.264 e. The number of hydrogen-bond donors (Lipinski definition) is 1. The Kier molecular flexibility index (Phi) is 4.77. The molecule has 1 atom stereocenters. The molecule has 1 aliphatic carbocycles. The van der Waals surface area contributed by atoms with Crippen LogP contribution in [0.2, 0.25) is 0 Å². The number of halogens is 1. The maximum Gasteiger partial charge on any atom is 0.264 e. The molecule has 1 aliphatic rings. The molecule has 0 aromatic carbocycles. The van der Waals surface area contributed by atoms with Gasteiger partial charge in [-0.3, -0.25) is 4.79 Å². The van der Waals surface area contributed by atoms with Crippen LogP contribution in [0.15, 0.2) is 4.79 Å². The third kappa shape index (κ3) is 3.12. The van der Waals surface area contributed by atoms with E-state index >= 15 is 0 Å². The number of aromatic nitrogens is 2. The monoisotopic (exact) mass is 362 g/mol. The van der Waals surface area contributed by atoms with Crippen molar-refractivity contribution in [2.75, 3.05) is 6.61 Å². The summed E-state index contributed by atoms with van der Waals surface area (Å²) in [4.78, 5) is 19.5. The normalized spacial score (nSPS) is 16.8. The molecule has 18 heavy (non-hydrogen) atoms. The standard InChI is InChI=1S/C13H19IN2O2/c1-3-5-9(18-4-2)12-15-11(8-6-7-8)10(14)13(17)16-12/h8-9H,3-7H2,1-2H3,(H,15,16,17). The third-order valence-corrected chi connectivity index (χ3v) is 4.14. The highest BCUT2D eigenvalue weighted by Crippen LogP contribution is 2.40. The average Bonchev–Trinajstić information content (AvgIpc) is 3.16. The first-order chi connectivity index (χ1) is 8.67. The molecule has 0 aliphatic heterocycles. The fourth-order valence-electron chi connectivity index (χ4n) is 2.04. The molecule has 1 heterocycles. The van der Waals surface area contributed by atoms with E-state index < -0.39 is 0 Å². The van der Waals surface area contributed by atoms with Crippen molar-refractivity contribution in [2.45, 2.75) is 51.6 Å². The van der Waals surface area contributed by atoms with Crippen LogP contribution < -0.4 is 5.56 Å². The summed E-state index contributed by atoms with van der Waals surface area (Å²) >= 11 is 2.10. The number of nitrogens with one attached hydrogen (secondary N) is 1. The Morgan fingerprint density at radius 2 is 2.22 bits per heavy atom. The van der Waals surface area contributed by atoms with Crippen LogP contribution >= 0.6 is 22.6 Å². The van der Waals surface area contributed by atoms with Gasteiger partial charge in [-0.15, -0.1) is 0 Å². The maximum absolute atomic E-state index is 11.9. The minimum absolute atomic E-state index is 0.0247. The van der Waals surface area contributed by atoms with E-state index in [-0.39, 0.29) is 11.7 Å². The van der Waals surface area contributed by atoms with Crippen LogP contribution in [0.25, 0.3) is 0 Å². The quantitative estimate of drug-likeness (QED) is 0.792. The molecule has 5 heteroatoms. The molecule has 0 radical (unpaired) electrons. The second-order valence-electron chi connectivity index (χ2n) is 4.66. The molecule has 4 nitrogen and oxygen atoms in total. The van der Waals surface area contributed by atoms with Crippen LogP contribution in [0, 0.1) is 3.57 Å². The first kappa shape index (κ1) is 14.0. The molecular formula is C13H19IN2O2. The molecule has 1 saturated carbocycles. The van der Waals surface area contributed by atoms with Gasteiger partial charge in [-0.25, -0.2) is 4.98 Å². The molecule has 2 rings (SSSR count). The lowest BCUT2D eigenvalue weighted by Gasteiger charge is -2.16. The molecule has 0 bridgehead atoms. The first-order valence-electron chi connectivity index (χ1n) is 6.58. The van der Waals surface area contributed by atoms with E-state index in [0.29, 0.717) is 18.3 Å². The molecule has 1 aromatic rings. The SMILES string of the molecule is CCCC(OCC)c1nc(C2CC2)c(I)c(=O)[nH]1. The minimum Gasteiger partial charge on any atom is -0.371 e. The van der Waals surface area contributed by atoms with Gasteiger partial charge in [-0.05, 0) is 48.8 Å². The van der Waals surface area contributed by atoms with Crippen molar-refractivity contribution in [3.63, 3.8) is 0 Å². The zero-order chi connectivity index (χ0) is 13.1. The Bertz CT molecular complexity index is 463. The van der Waals surface area contributed by atoms with E-state index in [4.69, 9.17) is 4.74 Å². The largest absolute Gasteiger partial charge is 0.371 e. The van der Waals surface area contributed by atoms with Crippen LogP contribution in [0.1, 0.15) is 63.1 Å². The molecule has 1 aromatic heterocycles. The summed E-state index contributed by atoms with van der Waals surface area (Å²) in [5.74, 6) is 1.19. The Morgan fingerprint density at radius 1 is 1.50 bits per heavy atom. The summed E-state index contributed by atoms with van der Waals surface area (Å²) in [6.45, 7) is 4.72. The van der Waals surface area contributed by atoms with Gasteiger partial charge in [0.1, 0.15) is 11.9 Å². The molecule has 100 valence electrons. The zero-order valence-electron chi connectivity index (χ0n) is 10.8. The van der Waals surface area contributed by atoms with Crippen molar-refractivity contribution in [2.24, 2.45) is 0 Å². The maximum atomic E-state index is 11.9. The van der Waals surface area contributed by atoms with Gasteiger partial charge in [0, 0.05) is 12.5 Å². The van der Waals surface area contributed by atoms with Gasteiger partial charge in [-0.1, -0.05) is 13.3 Å². The third-order valence-electron chi connectivity index (χ3n) is 3.09. The predicted octanol–water partition coefficient (Wildman–Crippen LogP) is 3.13. The van der Waals surface area contributed by atoms with Gasteiger partial charge in [0.2, 0.25) is 0 Å². The van der Waals surface area contributed by atoms with Crippen LogP contribution in [-0.2, 0) is 4.74 Å². The highest BCUT2D eigenvalue weighted by atomic mass is 127. The van der Waals surface area contributed by atoms with E-state index in [2.05, 4.69) is 39.5 Å². The first-order valence-corrected chi connectivity index (χ1v) is 7.66. The van der Waals surface area contributed by atoms with Crippen molar-refractivity contribution >= 4 is 22.6 Å². The van der Waals surface area contributed by atoms with Crippen molar-refractivity contribution in [3.8, 4) is 0 Å². The van der Waals surface area contributed by atoms with Gasteiger partial charge in [0.15, 0.2) is 0 Å². The van der Waals surface area contributed by atoms with Gasteiger partial charge in [-0.2, -0.15) is 0 Å². The molecule has 0 amide bonds. The number of nitrogens with zero attached hydrogens (tertiary/aromatic N) is 1. The Hall–Kier alpha value is -0.430. The van der Waals surface area contributed by atoms with Gasteiger partial charge < -0.3 is 9.72 Å². The lowest BCUT2D eigenvalue weighted by atomic mass is 10.2. The van der Waals surface area contributed by atoms with Gasteiger partial charge >= 0.3 is 0 Å². The summed E-state index contributed by atoms with van der Waals surface area (Å²) in [6, 6.07) is 0. The van der Waals surface area contributed by atoms with E-state index in [0.717, 1.165) is 34.9 Å². The highest BCUT2D eigenvalue weighted by Gasteiger charge is 2.29. The number of aromatic amines is 1. The molecule has 1 N–H and O–H groups in total. The fourth-order valence-corrected chi connectivity index (χ4v) is 2.73. The minimum atomic E-state index is -0.0813. The second-order valence-corrected chi connectivity index (χ2v) is 5.74. The lowest BCUT2D eigenvalue weighted by molar-refractivity contribution is 0.0490. The number of hydrogen-bond acceptors (Lipinski definition) is 3. The van der Waals surface area contributed by atoms with E-state index in [1.165, 1.54) is 0 Å². The van der Waals surface area contributed by atoms with Crippen molar-refractivity contribution in [1.29, 1.82) is 0 Å². The van der Waals surface area contributed by atoms with Crippen molar-refractivity contribution < 1.29 is 4.74 Å². The topological polar surface area (TPSA) is 55.0 Å². The zero-order valence-corrected chi connectivity index (χ0v) is 13.0. The Balaban J connectivity index is 2.33. The van der Waals surface area contributed by atoms with Crippen LogP contribution in [-0.4, -0.2) is 16.6 Å². The molecular weight excluding hydrogens is 343 g/mol. The highest BCUT2D eigenvalue weighted by molar-refractivity contribution is 14.1. The van der Waals surface area contributed by atoms with Gasteiger partial charge in [0.05, 0.1) is 9.26 Å². The van der Waals surface area contributed by atoms with E-state index in [1.807, 2.05) is 6.92 Å². The number of rotatable bonds is 6. The van der Waals surface area contributed by atoms with Crippen molar-refractivity contribution in [3.05, 3.63) is 25.4 Å². The average molecular weight is 362 g/mol. The number of H-pyrrole nitrogens is 1. The van der Waals surface area contributed by atoms with Gasteiger partial charge in [0.25, 0.3) is 5.56 Å². The summed E-state index contributed by atoms with van der Waals surface area (Å²) in [5, 5.41) is 0. The number of ether oxygens (including phenoxy) is 1. The molecule has 0 spiro atoms. The van der Waals surface area contributed by atoms with Crippen LogP contribution in [0.3, 0.4) is 0 Å².